The highest BCUT2D eigenvalue weighted by atomic mass is 35.5. The molecule has 2 heterocycles. The molecular formula is C24H21ClN4O4S2. The molecule has 0 bridgehead atoms. The first-order valence-electron chi connectivity index (χ1n) is 11.0. The molecule has 0 unspecified atom stereocenters. The van der Waals surface area contributed by atoms with Crippen LogP contribution >= 0.6 is 22.9 Å². The van der Waals surface area contributed by atoms with Crippen molar-refractivity contribution in [2.24, 2.45) is 0 Å². The summed E-state index contributed by atoms with van der Waals surface area (Å²) in [6, 6.07) is 13.0. The van der Waals surface area contributed by atoms with Gasteiger partial charge in [-0.15, -0.1) is 11.3 Å². The lowest BCUT2D eigenvalue weighted by Crippen LogP contribution is -2.16. The van der Waals surface area contributed by atoms with Gasteiger partial charge in [0.2, 0.25) is 0 Å². The number of carbonyl (C=O) groups excluding carboxylic acids is 1. The van der Waals surface area contributed by atoms with Crippen molar-refractivity contribution < 1.29 is 17.9 Å². The number of hydrogen-bond donors (Lipinski definition) is 2. The lowest BCUT2D eigenvalue weighted by atomic mass is 10.1. The number of thiophene rings is 1. The van der Waals surface area contributed by atoms with Crippen LogP contribution in [0.25, 0.3) is 11.0 Å². The number of halogens is 1. The zero-order valence-corrected chi connectivity index (χ0v) is 21.1. The third kappa shape index (κ3) is 4.69. The Morgan fingerprint density at radius 3 is 2.43 bits per heavy atom. The van der Waals surface area contributed by atoms with Gasteiger partial charge in [0.05, 0.1) is 28.1 Å². The van der Waals surface area contributed by atoms with Crippen LogP contribution in [-0.2, 0) is 27.6 Å². The number of para-hydroxylation sites is 2. The molecule has 2 aromatic carbocycles. The summed E-state index contributed by atoms with van der Waals surface area (Å²) in [4.78, 5) is 23.1. The summed E-state index contributed by atoms with van der Waals surface area (Å²) in [5.41, 5.74) is 2.55. The van der Waals surface area contributed by atoms with E-state index >= 15 is 0 Å². The number of aromatic nitrogens is 2. The van der Waals surface area contributed by atoms with Crippen molar-refractivity contribution in [2.75, 3.05) is 16.6 Å². The van der Waals surface area contributed by atoms with Gasteiger partial charge in [0, 0.05) is 9.90 Å². The van der Waals surface area contributed by atoms with Crippen LogP contribution < -0.4 is 10.0 Å². The van der Waals surface area contributed by atoms with Crippen LogP contribution in [0, 0.1) is 0 Å². The summed E-state index contributed by atoms with van der Waals surface area (Å²) in [6.07, 6.45) is 2.66. The molecule has 1 aliphatic rings. The molecule has 0 aliphatic heterocycles. The fourth-order valence-corrected chi connectivity index (χ4v) is 6.39. The quantitative estimate of drug-likeness (QED) is 0.302. The minimum atomic E-state index is -3.98. The summed E-state index contributed by atoms with van der Waals surface area (Å²) in [5.74, 6) is -0.208. The van der Waals surface area contributed by atoms with Crippen molar-refractivity contribution >= 4 is 66.6 Å². The maximum Gasteiger partial charge on any atom is 0.341 e. The number of fused-ring (bicyclic) bond motifs is 2. The van der Waals surface area contributed by atoms with E-state index < -0.39 is 16.0 Å². The van der Waals surface area contributed by atoms with E-state index in [1.54, 1.807) is 25.1 Å². The zero-order chi connectivity index (χ0) is 24.6. The first kappa shape index (κ1) is 23.5. The van der Waals surface area contributed by atoms with Gasteiger partial charge in [0.15, 0.2) is 11.6 Å². The third-order valence-electron chi connectivity index (χ3n) is 5.56. The molecule has 180 valence electrons. The van der Waals surface area contributed by atoms with Gasteiger partial charge in [-0.1, -0.05) is 23.7 Å². The molecule has 5 rings (SSSR count). The standard InChI is InChI=1S/C24H21ClN4O4S2/c1-2-33-24(30)20-16-6-5-9-19(16)34-23(20)28-21-22(27-18-8-4-3-7-17(18)26-21)29-35(31,32)15-12-10-14(25)11-13-15/h3-4,7-8,10-13H,2,5-6,9H2,1H3,(H,26,28)(H,27,29). The number of aryl methyl sites for hydroxylation is 1. The summed E-state index contributed by atoms with van der Waals surface area (Å²) in [6.45, 7) is 2.01. The molecule has 4 aromatic rings. The first-order chi connectivity index (χ1) is 16.9. The zero-order valence-electron chi connectivity index (χ0n) is 18.7. The molecule has 0 atom stereocenters. The highest BCUT2D eigenvalue weighted by Crippen LogP contribution is 2.41. The molecular weight excluding hydrogens is 508 g/mol. The van der Waals surface area contributed by atoms with E-state index in [9.17, 15) is 13.2 Å². The summed E-state index contributed by atoms with van der Waals surface area (Å²) in [5, 5.41) is 4.17. The Hall–Kier alpha value is -3.21. The second-order valence-corrected chi connectivity index (χ2v) is 11.1. The number of rotatable bonds is 7. The number of carbonyl (C=O) groups is 1. The van der Waals surface area contributed by atoms with Crippen LogP contribution in [0.2, 0.25) is 5.02 Å². The van der Waals surface area contributed by atoms with Crippen molar-refractivity contribution in [3.63, 3.8) is 0 Å². The van der Waals surface area contributed by atoms with E-state index in [4.69, 9.17) is 16.3 Å². The Labute approximate surface area is 211 Å². The van der Waals surface area contributed by atoms with Gasteiger partial charge in [-0.05, 0) is 68.1 Å². The van der Waals surface area contributed by atoms with Gasteiger partial charge >= 0.3 is 5.97 Å². The van der Waals surface area contributed by atoms with Gasteiger partial charge in [0.25, 0.3) is 10.0 Å². The van der Waals surface area contributed by atoms with E-state index in [0.29, 0.717) is 26.6 Å². The molecule has 0 spiro atoms. The van der Waals surface area contributed by atoms with Crippen LogP contribution in [0.1, 0.15) is 34.1 Å². The Morgan fingerprint density at radius 1 is 1.06 bits per heavy atom. The molecule has 0 radical (unpaired) electrons. The number of esters is 1. The van der Waals surface area contributed by atoms with Crippen LogP contribution in [0.4, 0.5) is 16.6 Å². The van der Waals surface area contributed by atoms with Gasteiger partial charge in [-0.25, -0.2) is 23.2 Å². The van der Waals surface area contributed by atoms with Crippen LogP contribution in [0.3, 0.4) is 0 Å². The van der Waals surface area contributed by atoms with Gasteiger partial charge < -0.3 is 10.1 Å². The SMILES string of the molecule is CCOC(=O)c1c(Nc2nc3ccccc3nc2NS(=O)(=O)c2ccc(Cl)cc2)sc2c1CCC2. The first-order valence-corrected chi connectivity index (χ1v) is 13.7. The van der Waals surface area contributed by atoms with Gasteiger partial charge in [-0.3, -0.25) is 4.72 Å². The van der Waals surface area contributed by atoms with Gasteiger partial charge in [-0.2, -0.15) is 0 Å². The molecule has 1 aliphatic carbocycles. The number of sulfonamides is 1. The van der Waals surface area contributed by atoms with Crippen molar-refractivity contribution in [3.05, 3.63) is 69.6 Å². The molecule has 2 aromatic heterocycles. The average Bonchev–Trinajstić information content (AvgIpc) is 3.40. The second-order valence-electron chi connectivity index (χ2n) is 7.88. The minimum absolute atomic E-state index is 0.0158. The number of nitrogens with one attached hydrogen (secondary N) is 2. The highest BCUT2D eigenvalue weighted by Gasteiger charge is 2.29. The van der Waals surface area contributed by atoms with Crippen molar-refractivity contribution in [1.29, 1.82) is 0 Å². The normalized spacial score (nSPS) is 13.0. The third-order valence-corrected chi connectivity index (χ3v) is 8.37. The minimum Gasteiger partial charge on any atom is -0.462 e. The van der Waals surface area contributed by atoms with E-state index in [0.717, 1.165) is 29.7 Å². The second kappa shape index (κ2) is 9.44. The number of anilines is 3. The van der Waals surface area contributed by atoms with E-state index in [1.165, 1.54) is 35.6 Å². The molecule has 0 saturated carbocycles. The average molecular weight is 529 g/mol. The van der Waals surface area contributed by atoms with Crippen LogP contribution in [0.15, 0.2) is 53.4 Å². The Bertz CT molecular complexity index is 1540. The fraction of sp³-hybridized carbons (Fsp3) is 0.208. The maximum absolute atomic E-state index is 13.1. The van der Waals surface area contributed by atoms with Gasteiger partial charge in [0.1, 0.15) is 5.00 Å². The molecule has 0 fully saturated rings. The van der Waals surface area contributed by atoms with Crippen LogP contribution in [0.5, 0.6) is 0 Å². The number of hydrogen-bond acceptors (Lipinski definition) is 8. The number of ether oxygens (including phenoxy) is 1. The lowest BCUT2D eigenvalue weighted by Gasteiger charge is -2.14. The Morgan fingerprint density at radius 2 is 1.74 bits per heavy atom. The smallest absolute Gasteiger partial charge is 0.341 e. The Balaban J connectivity index is 1.59. The molecule has 11 heteroatoms. The monoisotopic (exact) mass is 528 g/mol. The Kier molecular flexibility index (Phi) is 6.35. The van der Waals surface area contributed by atoms with E-state index in [1.807, 2.05) is 6.07 Å². The fourth-order valence-electron chi connectivity index (χ4n) is 3.98. The highest BCUT2D eigenvalue weighted by molar-refractivity contribution is 7.92. The predicted molar refractivity (Wildman–Crippen MR) is 137 cm³/mol. The molecule has 35 heavy (non-hydrogen) atoms. The van der Waals surface area contributed by atoms with Crippen molar-refractivity contribution in [3.8, 4) is 0 Å². The van der Waals surface area contributed by atoms with E-state index in [2.05, 4.69) is 20.0 Å². The summed E-state index contributed by atoms with van der Waals surface area (Å²) >= 11 is 7.37. The lowest BCUT2D eigenvalue weighted by molar-refractivity contribution is 0.0527. The molecule has 8 nitrogen and oxygen atoms in total. The largest absolute Gasteiger partial charge is 0.462 e. The summed E-state index contributed by atoms with van der Waals surface area (Å²) in [7, 11) is -3.98. The number of nitrogens with zero attached hydrogens (tertiary/aromatic N) is 2. The molecule has 0 saturated heterocycles. The topological polar surface area (TPSA) is 110 Å². The van der Waals surface area contributed by atoms with E-state index in [-0.39, 0.29) is 23.1 Å². The van der Waals surface area contributed by atoms with Crippen molar-refractivity contribution in [1.82, 2.24) is 9.97 Å². The van der Waals surface area contributed by atoms with Crippen LogP contribution in [-0.4, -0.2) is 31.0 Å². The van der Waals surface area contributed by atoms with Crippen molar-refractivity contribution in [2.45, 2.75) is 31.1 Å². The molecule has 0 amide bonds. The summed E-state index contributed by atoms with van der Waals surface area (Å²) < 4.78 is 34.1. The molecule has 2 N–H and O–H groups in total. The number of benzene rings is 2. The maximum atomic E-state index is 13.1. The predicted octanol–water partition coefficient (Wildman–Crippen LogP) is 5.55.